The summed E-state index contributed by atoms with van der Waals surface area (Å²) in [6.07, 6.45) is 0. The van der Waals surface area contributed by atoms with Crippen molar-refractivity contribution >= 4 is 34.1 Å². The Hall–Kier alpha value is -16.0. The second-order valence-corrected chi connectivity index (χ2v) is 34.8. The highest BCUT2D eigenvalue weighted by Gasteiger charge is 2.54. The molecule has 596 valence electrons. The van der Waals surface area contributed by atoms with Gasteiger partial charge in [0.2, 0.25) is 0 Å². The third-order valence-corrected chi connectivity index (χ3v) is 27.8. The maximum absolute atomic E-state index is 2.48. The molecule has 20 aromatic rings. The lowest BCUT2D eigenvalue weighted by atomic mass is 9.70. The molecule has 0 fully saturated rings. The Labute approximate surface area is 743 Å². The highest BCUT2D eigenvalue weighted by atomic mass is 15.1. The molecule has 0 bridgehead atoms. The molecule has 0 heterocycles. The van der Waals surface area contributed by atoms with Gasteiger partial charge in [-0.2, -0.15) is 0 Å². The van der Waals surface area contributed by atoms with Gasteiger partial charge in [-0.1, -0.05) is 414 Å². The van der Waals surface area contributed by atoms with Crippen molar-refractivity contribution in [3.05, 3.63) is 541 Å². The molecule has 0 amide bonds. The fourth-order valence-corrected chi connectivity index (χ4v) is 22.2. The number of hydrogen-bond donors (Lipinski definition) is 0. The van der Waals surface area contributed by atoms with Gasteiger partial charge < -0.3 is 9.80 Å². The Morgan fingerprint density at radius 2 is 0.362 bits per heavy atom. The minimum Gasteiger partial charge on any atom is -0.310 e. The molecule has 0 aliphatic heterocycles. The average molecular weight is 1620 g/mol. The van der Waals surface area contributed by atoms with E-state index >= 15 is 0 Å². The maximum atomic E-state index is 2.48. The molecular weight excluding hydrogens is 1530 g/mol. The van der Waals surface area contributed by atoms with Crippen LogP contribution in [0.3, 0.4) is 0 Å². The van der Waals surface area contributed by atoms with Crippen LogP contribution in [0.15, 0.2) is 485 Å². The van der Waals surface area contributed by atoms with Gasteiger partial charge in [0.25, 0.3) is 0 Å². The molecule has 2 nitrogen and oxygen atoms in total. The molecule has 25 rings (SSSR count). The molecule has 0 unspecified atom stereocenters. The molecule has 0 N–H and O–H groups in total. The van der Waals surface area contributed by atoms with E-state index in [-0.39, 0.29) is 5.41 Å². The first-order valence-electron chi connectivity index (χ1n) is 44.3. The average Bonchev–Trinajstić information content (AvgIpc) is 1.51. The number of rotatable bonds is 13. The lowest BCUT2D eigenvalue weighted by molar-refractivity contribution is 0.660. The quantitative estimate of drug-likeness (QED) is 0.114. The minimum absolute atomic E-state index is 0.146. The summed E-state index contributed by atoms with van der Waals surface area (Å²) in [5.41, 5.74) is 49.0. The summed E-state index contributed by atoms with van der Waals surface area (Å²) < 4.78 is 0. The second-order valence-electron chi connectivity index (χ2n) is 34.8. The zero-order valence-corrected chi connectivity index (χ0v) is 70.6. The monoisotopic (exact) mass is 1610 g/mol. The van der Waals surface area contributed by atoms with Crippen LogP contribution in [0.5, 0.6) is 0 Å². The van der Waals surface area contributed by atoms with E-state index in [9.17, 15) is 0 Å². The summed E-state index contributed by atoms with van der Waals surface area (Å²) in [6.45, 7) is 4.74. The van der Waals surface area contributed by atoms with Gasteiger partial charge in [-0.05, 0) is 274 Å². The lowest BCUT2D eigenvalue weighted by Crippen LogP contribution is -2.25. The van der Waals surface area contributed by atoms with Crippen molar-refractivity contribution in [2.24, 2.45) is 0 Å². The molecule has 2 spiro atoms. The molecule has 0 radical (unpaired) electrons. The molecule has 0 aromatic heterocycles. The standard InChI is InChI=1S/C64H45N.C61H41N/c1-63(2)56-27-13-9-22-51(56)54-37-36-48(41-61(54)63)65(47-34-32-44(33-35-47)42-18-5-3-6-19-42)49-39-45(43-20-7-4-8-21-43)38-46(40-49)50-26-17-31-60-62(50)55-25-12-16-30-59(55)64(60)57-28-14-10-23-52(57)53-24-11-15-29-58(53)64;1-4-17-42(18-5-1)45-31-35-49(36-32-45)62(50-37-33-46(34-38-50)43-19-6-2-7-20-43)51-40-47(44-21-8-3-9-22-44)39-48(41-51)52-26-16-30-59-60(52)55-25-12-15-29-58(55)61(59)56-27-13-10-23-53(56)54-24-11-14-28-57(54)61/h3-41H,1-2H3;1-41H. The van der Waals surface area contributed by atoms with Gasteiger partial charge >= 0.3 is 0 Å². The highest BCUT2D eigenvalue weighted by Crippen LogP contribution is 2.67. The van der Waals surface area contributed by atoms with E-state index in [1.165, 1.54) is 189 Å². The summed E-state index contributed by atoms with van der Waals surface area (Å²) in [5, 5.41) is 0. The van der Waals surface area contributed by atoms with Crippen molar-refractivity contribution < 1.29 is 0 Å². The Morgan fingerprint density at radius 1 is 0.134 bits per heavy atom. The van der Waals surface area contributed by atoms with Gasteiger partial charge in [0.05, 0.1) is 10.8 Å². The predicted molar refractivity (Wildman–Crippen MR) is 530 cm³/mol. The summed E-state index contributed by atoms with van der Waals surface area (Å²) >= 11 is 0. The second kappa shape index (κ2) is 30.2. The summed E-state index contributed by atoms with van der Waals surface area (Å²) in [6, 6.07) is 180. The number of hydrogen-bond acceptors (Lipinski definition) is 2. The zero-order valence-electron chi connectivity index (χ0n) is 70.6. The van der Waals surface area contributed by atoms with Crippen molar-refractivity contribution in [2.45, 2.75) is 30.1 Å². The Balaban J connectivity index is 0.000000142. The Morgan fingerprint density at radius 3 is 0.701 bits per heavy atom. The predicted octanol–water partition coefficient (Wildman–Crippen LogP) is 33.0. The number of anilines is 6. The molecule has 127 heavy (non-hydrogen) atoms. The van der Waals surface area contributed by atoms with Crippen molar-refractivity contribution in [3.8, 4) is 134 Å². The van der Waals surface area contributed by atoms with Crippen LogP contribution in [-0.2, 0) is 16.2 Å². The van der Waals surface area contributed by atoms with Crippen molar-refractivity contribution in [1.29, 1.82) is 0 Å². The SMILES string of the molecule is CC1(C)c2ccccc2-c2ccc(N(c3ccc(-c4ccccc4)cc3)c3cc(-c4ccccc4)cc(-c4cccc5c4-c4ccccc4C54c5ccccc5-c5ccccc54)c3)cc21.c1ccc(-c2ccc(N(c3ccc(-c4ccccc4)cc3)c3cc(-c4ccccc4)cc(-c4cccc5c4-c4ccccc4C54c5ccccc5-c5ccccc54)c3)cc2)cc1. The fraction of sp³-hybridized carbons (Fsp3) is 0.0400. The van der Waals surface area contributed by atoms with E-state index in [0.717, 1.165) is 34.1 Å². The van der Waals surface area contributed by atoms with Crippen LogP contribution in [0.4, 0.5) is 34.1 Å². The van der Waals surface area contributed by atoms with Crippen LogP contribution in [0, 0.1) is 0 Å². The Bertz CT molecular complexity index is 7500. The van der Waals surface area contributed by atoms with E-state index in [4.69, 9.17) is 0 Å². The maximum Gasteiger partial charge on any atom is 0.0725 e. The van der Waals surface area contributed by atoms with E-state index in [1.807, 2.05) is 0 Å². The van der Waals surface area contributed by atoms with Crippen LogP contribution < -0.4 is 9.80 Å². The number of nitrogens with zero attached hydrogens (tertiary/aromatic N) is 2. The van der Waals surface area contributed by atoms with Gasteiger partial charge in [0, 0.05) is 39.5 Å². The summed E-state index contributed by atoms with van der Waals surface area (Å²) in [5.74, 6) is 0. The Kier molecular flexibility index (Phi) is 17.8. The first-order chi connectivity index (χ1) is 62.7. The van der Waals surface area contributed by atoms with Crippen LogP contribution in [0.1, 0.15) is 69.5 Å². The van der Waals surface area contributed by atoms with E-state index in [1.54, 1.807) is 0 Å². The fourth-order valence-electron chi connectivity index (χ4n) is 22.2. The van der Waals surface area contributed by atoms with Crippen molar-refractivity contribution in [3.63, 3.8) is 0 Å². The zero-order chi connectivity index (χ0) is 84.3. The molecule has 0 atom stereocenters. The molecule has 0 saturated heterocycles. The molecule has 0 saturated carbocycles. The summed E-state index contributed by atoms with van der Waals surface area (Å²) in [7, 11) is 0. The first-order valence-corrected chi connectivity index (χ1v) is 44.3. The minimum atomic E-state index is -0.420. The van der Waals surface area contributed by atoms with Gasteiger partial charge in [-0.25, -0.2) is 0 Å². The van der Waals surface area contributed by atoms with Crippen molar-refractivity contribution in [2.75, 3.05) is 9.80 Å². The highest BCUT2D eigenvalue weighted by molar-refractivity contribution is 6.04. The van der Waals surface area contributed by atoms with Crippen molar-refractivity contribution in [1.82, 2.24) is 0 Å². The largest absolute Gasteiger partial charge is 0.310 e. The van der Waals surface area contributed by atoms with E-state index < -0.39 is 10.8 Å². The van der Waals surface area contributed by atoms with Crippen LogP contribution in [0.2, 0.25) is 0 Å². The van der Waals surface area contributed by atoms with Gasteiger partial charge in [-0.15, -0.1) is 0 Å². The molecule has 5 aliphatic rings. The van der Waals surface area contributed by atoms with Gasteiger partial charge in [0.1, 0.15) is 0 Å². The first kappa shape index (κ1) is 74.8. The molecular formula is C125H86N2. The van der Waals surface area contributed by atoms with E-state index in [0.29, 0.717) is 0 Å². The molecule has 5 aliphatic carbocycles. The van der Waals surface area contributed by atoms with E-state index in [2.05, 4.69) is 509 Å². The van der Waals surface area contributed by atoms with Gasteiger partial charge in [-0.3, -0.25) is 0 Å². The lowest BCUT2D eigenvalue weighted by Gasteiger charge is -2.30. The molecule has 2 heteroatoms. The summed E-state index contributed by atoms with van der Waals surface area (Å²) in [4.78, 5) is 4.90. The van der Waals surface area contributed by atoms with Gasteiger partial charge in [0.15, 0.2) is 0 Å². The van der Waals surface area contributed by atoms with Crippen LogP contribution in [0.25, 0.3) is 134 Å². The third kappa shape index (κ3) is 11.9. The number of fused-ring (bicyclic) bond motifs is 23. The molecule has 20 aromatic carbocycles. The number of benzene rings is 20. The van der Waals surface area contributed by atoms with Crippen LogP contribution in [-0.4, -0.2) is 0 Å². The van der Waals surface area contributed by atoms with Crippen LogP contribution >= 0.6 is 0 Å². The normalized spacial score (nSPS) is 13.3. The third-order valence-electron chi connectivity index (χ3n) is 27.8. The topological polar surface area (TPSA) is 6.48 Å². The smallest absolute Gasteiger partial charge is 0.0725 e.